The normalized spacial score (nSPS) is 13.7. The van der Waals surface area contributed by atoms with Gasteiger partial charge in [-0.1, -0.05) is 0 Å². The summed E-state index contributed by atoms with van der Waals surface area (Å²) < 4.78 is 10.2. The highest BCUT2D eigenvalue weighted by Gasteiger charge is 2.24. The first-order chi connectivity index (χ1) is 14.6. The number of hydrogen-bond donors (Lipinski definition) is 5. The molecule has 0 aromatic rings. The van der Waals surface area contributed by atoms with Crippen LogP contribution in [0, 0.1) is 0 Å². The van der Waals surface area contributed by atoms with Crippen LogP contribution >= 0.6 is 0 Å². The molecule has 1 unspecified atom stereocenters. The molecule has 0 spiro atoms. The van der Waals surface area contributed by atoms with Crippen LogP contribution in [0.2, 0.25) is 0 Å². The second-order valence-corrected chi connectivity index (χ2v) is 9.58. The van der Waals surface area contributed by atoms with E-state index in [-0.39, 0.29) is 26.2 Å². The van der Waals surface area contributed by atoms with E-state index < -0.39 is 41.4 Å². The van der Waals surface area contributed by atoms with Crippen LogP contribution in [0.4, 0.5) is 9.59 Å². The van der Waals surface area contributed by atoms with Gasteiger partial charge in [-0.3, -0.25) is 4.79 Å². The number of alkyl carbamates (subject to hydrolysis) is 2. The number of nitrogens with one attached hydrogen (secondary N) is 2. The van der Waals surface area contributed by atoms with Gasteiger partial charge in [0, 0.05) is 26.2 Å². The molecule has 0 fully saturated rings. The first-order valence-corrected chi connectivity index (χ1v) is 10.9. The third-order valence-corrected chi connectivity index (χ3v) is 3.92. The summed E-state index contributed by atoms with van der Waals surface area (Å²) in [4.78, 5) is 37.1. The third-order valence-electron chi connectivity index (χ3n) is 3.92. The van der Waals surface area contributed by atoms with Gasteiger partial charge in [-0.15, -0.1) is 0 Å². The average molecular weight is 463 g/mol. The minimum absolute atomic E-state index is 0.0101. The van der Waals surface area contributed by atoms with Crippen molar-refractivity contribution in [2.75, 3.05) is 32.8 Å². The quantitative estimate of drug-likeness (QED) is 0.265. The Kier molecular flexibility index (Phi) is 13.2. The fraction of sp³-hybridized carbons (Fsp3) is 0.857. The van der Waals surface area contributed by atoms with Crippen LogP contribution < -0.4 is 16.4 Å². The van der Waals surface area contributed by atoms with Gasteiger partial charge in [-0.25, -0.2) is 9.59 Å². The smallest absolute Gasteiger partial charge is 0.407 e. The summed E-state index contributed by atoms with van der Waals surface area (Å²) in [5.74, 6) is -0.407. The highest BCUT2D eigenvalue weighted by Crippen LogP contribution is 2.08. The Hall–Kier alpha value is -2.11. The molecule has 11 heteroatoms. The summed E-state index contributed by atoms with van der Waals surface area (Å²) in [6.45, 7) is 10.4. The summed E-state index contributed by atoms with van der Waals surface area (Å²) in [5.41, 5.74) is 4.75. The standard InChI is InChI=1S/C21H42N4O7/c1-20(2,3)31-18(29)23-10-8-7-9-16(22)17(28)25(11-12-26)14-15(27)13-24-19(30)32-21(4,5)6/h15-16,26-27H,7-14,22H2,1-6H3,(H,23,29)(H,24,30)/t15?,16-/m0/s1. The van der Waals surface area contributed by atoms with Crippen molar-refractivity contribution in [1.29, 1.82) is 0 Å². The molecule has 0 aliphatic heterocycles. The van der Waals surface area contributed by atoms with E-state index in [1.807, 2.05) is 0 Å². The van der Waals surface area contributed by atoms with Crippen LogP contribution in [0.1, 0.15) is 60.8 Å². The lowest BCUT2D eigenvalue weighted by molar-refractivity contribution is -0.134. The van der Waals surface area contributed by atoms with Gasteiger partial charge in [-0.2, -0.15) is 0 Å². The summed E-state index contributed by atoms with van der Waals surface area (Å²) in [5, 5.41) is 24.5. The van der Waals surface area contributed by atoms with Crippen LogP contribution in [0.5, 0.6) is 0 Å². The number of rotatable bonds is 12. The van der Waals surface area contributed by atoms with Crippen molar-refractivity contribution < 1.29 is 34.1 Å². The predicted octanol–water partition coefficient (Wildman–Crippen LogP) is 0.715. The molecule has 0 radical (unpaired) electrons. The maximum absolute atomic E-state index is 12.6. The summed E-state index contributed by atoms with van der Waals surface area (Å²) in [7, 11) is 0. The Morgan fingerprint density at radius 2 is 1.50 bits per heavy atom. The Labute approximate surface area is 191 Å². The minimum Gasteiger partial charge on any atom is -0.444 e. The summed E-state index contributed by atoms with van der Waals surface area (Å²) in [6.07, 6.45) is -0.637. The van der Waals surface area contributed by atoms with E-state index in [0.29, 0.717) is 25.8 Å². The van der Waals surface area contributed by atoms with E-state index >= 15 is 0 Å². The maximum atomic E-state index is 12.6. The number of aliphatic hydroxyl groups is 2. The lowest BCUT2D eigenvalue weighted by atomic mass is 10.1. The number of carbonyl (C=O) groups is 3. The number of ether oxygens (including phenoxy) is 2. The molecule has 11 nitrogen and oxygen atoms in total. The van der Waals surface area contributed by atoms with E-state index in [2.05, 4.69) is 10.6 Å². The Morgan fingerprint density at radius 3 is 2.00 bits per heavy atom. The maximum Gasteiger partial charge on any atom is 0.407 e. The van der Waals surface area contributed by atoms with Crippen LogP contribution in [-0.4, -0.2) is 89.3 Å². The molecule has 0 heterocycles. The van der Waals surface area contributed by atoms with Crippen LogP contribution in [0.15, 0.2) is 0 Å². The number of nitrogens with zero attached hydrogens (tertiary/aromatic N) is 1. The molecule has 188 valence electrons. The van der Waals surface area contributed by atoms with Gasteiger partial charge in [0.15, 0.2) is 0 Å². The van der Waals surface area contributed by atoms with Gasteiger partial charge in [0.25, 0.3) is 0 Å². The molecular formula is C21H42N4O7. The molecule has 0 aliphatic carbocycles. The molecule has 32 heavy (non-hydrogen) atoms. The van der Waals surface area contributed by atoms with Crippen molar-refractivity contribution in [2.24, 2.45) is 5.73 Å². The van der Waals surface area contributed by atoms with Crippen LogP contribution in [-0.2, 0) is 14.3 Å². The monoisotopic (exact) mass is 462 g/mol. The molecule has 3 amide bonds. The van der Waals surface area contributed by atoms with Crippen molar-refractivity contribution in [3.63, 3.8) is 0 Å². The van der Waals surface area contributed by atoms with Crippen molar-refractivity contribution in [3.05, 3.63) is 0 Å². The zero-order chi connectivity index (χ0) is 24.9. The lowest BCUT2D eigenvalue weighted by Gasteiger charge is -2.27. The van der Waals surface area contributed by atoms with E-state index in [4.69, 9.17) is 15.2 Å². The van der Waals surface area contributed by atoms with E-state index in [0.717, 1.165) is 0 Å². The highest BCUT2D eigenvalue weighted by molar-refractivity contribution is 5.81. The third kappa shape index (κ3) is 15.7. The molecule has 0 aromatic heterocycles. The molecule has 0 rings (SSSR count). The van der Waals surface area contributed by atoms with Crippen LogP contribution in [0.3, 0.4) is 0 Å². The van der Waals surface area contributed by atoms with Crippen molar-refractivity contribution in [3.8, 4) is 0 Å². The lowest BCUT2D eigenvalue weighted by Crippen LogP contribution is -2.49. The fourth-order valence-corrected chi connectivity index (χ4v) is 2.60. The first kappa shape index (κ1) is 29.9. The van der Waals surface area contributed by atoms with Crippen molar-refractivity contribution in [2.45, 2.75) is 84.2 Å². The Morgan fingerprint density at radius 1 is 0.969 bits per heavy atom. The number of unbranched alkanes of at least 4 members (excludes halogenated alkanes) is 1. The van der Waals surface area contributed by atoms with Crippen molar-refractivity contribution in [1.82, 2.24) is 15.5 Å². The highest BCUT2D eigenvalue weighted by atomic mass is 16.6. The first-order valence-electron chi connectivity index (χ1n) is 10.9. The number of amides is 3. The van der Waals surface area contributed by atoms with E-state index in [1.165, 1.54) is 4.90 Å². The minimum atomic E-state index is -1.05. The van der Waals surface area contributed by atoms with Gasteiger partial charge in [-0.05, 0) is 60.8 Å². The summed E-state index contributed by atoms with van der Waals surface area (Å²) in [6, 6.07) is -0.811. The Bertz CT molecular complexity index is 588. The molecular weight excluding hydrogens is 420 g/mol. The van der Waals surface area contributed by atoms with Gasteiger partial charge in [0.2, 0.25) is 5.91 Å². The number of aliphatic hydroxyl groups excluding tert-OH is 2. The van der Waals surface area contributed by atoms with E-state index in [1.54, 1.807) is 41.5 Å². The molecule has 0 saturated heterocycles. The largest absolute Gasteiger partial charge is 0.444 e. The van der Waals surface area contributed by atoms with Gasteiger partial charge in [0.1, 0.15) is 11.2 Å². The number of carbonyl (C=O) groups excluding carboxylic acids is 3. The molecule has 2 atom stereocenters. The van der Waals surface area contributed by atoms with Gasteiger partial charge < -0.3 is 41.0 Å². The van der Waals surface area contributed by atoms with Crippen LogP contribution in [0.25, 0.3) is 0 Å². The molecule has 0 aromatic carbocycles. The fourth-order valence-electron chi connectivity index (χ4n) is 2.60. The second-order valence-electron chi connectivity index (χ2n) is 9.58. The number of nitrogens with two attached hydrogens (primary N) is 1. The van der Waals surface area contributed by atoms with Gasteiger partial charge >= 0.3 is 12.2 Å². The second kappa shape index (κ2) is 14.1. The predicted molar refractivity (Wildman–Crippen MR) is 120 cm³/mol. The summed E-state index contributed by atoms with van der Waals surface area (Å²) >= 11 is 0. The zero-order valence-corrected chi connectivity index (χ0v) is 20.3. The van der Waals surface area contributed by atoms with Crippen molar-refractivity contribution >= 4 is 18.1 Å². The SMILES string of the molecule is CC(C)(C)OC(=O)NCCCC[C@H](N)C(=O)N(CCO)CC(O)CNC(=O)OC(C)(C)C. The average Bonchev–Trinajstić information content (AvgIpc) is 2.62. The molecule has 0 aliphatic rings. The topological polar surface area (TPSA) is 163 Å². The molecule has 6 N–H and O–H groups in total. The zero-order valence-electron chi connectivity index (χ0n) is 20.3. The Balaban J connectivity index is 4.38. The molecule has 0 bridgehead atoms. The van der Waals surface area contributed by atoms with E-state index in [9.17, 15) is 24.6 Å². The number of hydrogen-bond acceptors (Lipinski definition) is 8. The molecule has 0 saturated carbocycles. The van der Waals surface area contributed by atoms with Gasteiger partial charge in [0.05, 0.1) is 18.8 Å².